The Labute approximate surface area is 199 Å². The maximum absolute atomic E-state index is 12.9. The topological polar surface area (TPSA) is 80.4 Å². The molecule has 1 aliphatic rings. The summed E-state index contributed by atoms with van der Waals surface area (Å²) >= 11 is 0. The van der Waals surface area contributed by atoms with E-state index < -0.39 is 0 Å². The van der Waals surface area contributed by atoms with Crippen LogP contribution in [0.5, 0.6) is 5.75 Å². The first-order valence-corrected chi connectivity index (χ1v) is 11.1. The molecule has 6 heteroatoms. The van der Waals surface area contributed by atoms with Crippen molar-refractivity contribution in [1.82, 2.24) is 4.90 Å². The Morgan fingerprint density at radius 2 is 1.56 bits per heavy atom. The summed E-state index contributed by atoms with van der Waals surface area (Å²) in [6.45, 7) is 2.90. The van der Waals surface area contributed by atoms with Crippen molar-refractivity contribution in [3.8, 4) is 17.9 Å². The molecule has 0 bridgehead atoms. The molecule has 1 heterocycles. The second-order valence-electron chi connectivity index (χ2n) is 7.91. The average Bonchev–Trinajstić information content (AvgIpc) is 2.91. The van der Waals surface area contributed by atoms with Crippen LogP contribution in [0.25, 0.3) is 6.08 Å². The van der Waals surface area contributed by atoms with Gasteiger partial charge in [0.25, 0.3) is 5.91 Å². The molecule has 0 N–H and O–H groups in total. The van der Waals surface area contributed by atoms with Gasteiger partial charge in [-0.25, -0.2) is 0 Å². The van der Waals surface area contributed by atoms with Crippen molar-refractivity contribution in [1.29, 1.82) is 10.5 Å². The van der Waals surface area contributed by atoms with Gasteiger partial charge in [-0.15, -0.1) is 0 Å². The maximum Gasteiger partial charge on any atom is 0.264 e. The summed E-state index contributed by atoms with van der Waals surface area (Å²) in [6, 6.07) is 28.9. The Balaban J connectivity index is 1.36. The smallest absolute Gasteiger partial charge is 0.264 e. The number of ether oxygens (including phenoxy) is 1. The molecule has 0 atom stereocenters. The number of benzene rings is 3. The standard InChI is InChI=1S/C28H24N4O2/c29-19-23-6-4-5-7-24(23)21-34-27-12-10-22(11-13-27)18-25(20-30)28(33)32-16-14-31(15-17-32)26-8-2-1-3-9-26/h1-13,18H,14-17,21H2/b25-18+. The summed E-state index contributed by atoms with van der Waals surface area (Å²) < 4.78 is 5.79. The number of anilines is 1. The van der Waals surface area contributed by atoms with Crippen LogP contribution in [0.3, 0.4) is 0 Å². The number of rotatable bonds is 6. The van der Waals surface area contributed by atoms with Crippen LogP contribution in [0, 0.1) is 22.7 Å². The molecule has 0 aliphatic carbocycles. The number of carbonyl (C=O) groups is 1. The lowest BCUT2D eigenvalue weighted by molar-refractivity contribution is -0.126. The van der Waals surface area contributed by atoms with Crippen molar-refractivity contribution in [2.75, 3.05) is 31.1 Å². The SMILES string of the molecule is N#C/C(=C\c1ccc(OCc2ccccc2C#N)cc1)C(=O)N1CCN(c2ccccc2)CC1. The van der Waals surface area contributed by atoms with Crippen molar-refractivity contribution < 1.29 is 9.53 Å². The Kier molecular flexibility index (Phi) is 7.22. The Bertz CT molecular complexity index is 1250. The minimum absolute atomic E-state index is 0.116. The van der Waals surface area contributed by atoms with E-state index in [4.69, 9.17) is 4.74 Å². The number of carbonyl (C=O) groups excluding carboxylic acids is 1. The van der Waals surface area contributed by atoms with Gasteiger partial charge in [0, 0.05) is 37.4 Å². The van der Waals surface area contributed by atoms with Gasteiger partial charge in [0.05, 0.1) is 11.6 Å². The molecular weight excluding hydrogens is 424 g/mol. The highest BCUT2D eigenvalue weighted by Crippen LogP contribution is 2.19. The van der Waals surface area contributed by atoms with Crippen molar-refractivity contribution in [2.45, 2.75) is 6.61 Å². The molecule has 0 radical (unpaired) electrons. The molecule has 1 aliphatic heterocycles. The fraction of sp³-hybridized carbons (Fsp3) is 0.179. The Morgan fingerprint density at radius 1 is 0.882 bits per heavy atom. The van der Waals surface area contributed by atoms with E-state index in [2.05, 4.69) is 29.2 Å². The van der Waals surface area contributed by atoms with Gasteiger partial charge in [-0.1, -0.05) is 48.5 Å². The molecular formula is C28H24N4O2. The van der Waals surface area contributed by atoms with Gasteiger partial charge in [-0.05, 0) is 42.0 Å². The molecule has 1 fully saturated rings. The lowest BCUT2D eigenvalue weighted by atomic mass is 10.1. The highest BCUT2D eigenvalue weighted by molar-refractivity contribution is 6.01. The summed E-state index contributed by atoms with van der Waals surface area (Å²) in [4.78, 5) is 16.9. The van der Waals surface area contributed by atoms with E-state index >= 15 is 0 Å². The van der Waals surface area contributed by atoms with E-state index in [9.17, 15) is 15.3 Å². The zero-order valence-electron chi connectivity index (χ0n) is 18.7. The number of hydrogen-bond acceptors (Lipinski definition) is 5. The van der Waals surface area contributed by atoms with Crippen LogP contribution in [0.1, 0.15) is 16.7 Å². The number of nitrogens with zero attached hydrogens (tertiary/aromatic N) is 4. The molecule has 34 heavy (non-hydrogen) atoms. The first-order chi connectivity index (χ1) is 16.7. The van der Waals surface area contributed by atoms with E-state index in [1.54, 1.807) is 29.2 Å². The highest BCUT2D eigenvalue weighted by atomic mass is 16.5. The van der Waals surface area contributed by atoms with Crippen molar-refractivity contribution in [3.63, 3.8) is 0 Å². The van der Waals surface area contributed by atoms with Gasteiger partial charge in [0.2, 0.25) is 0 Å². The predicted octanol–water partition coefficient (Wildman–Crippen LogP) is 4.39. The van der Waals surface area contributed by atoms with Gasteiger partial charge in [0.15, 0.2) is 0 Å². The normalized spacial score (nSPS) is 13.6. The first-order valence-electron chi connectivity index (χ1n) is 11.1. The van der Waals surface area contributed by atoms with Crippen LogP contribution in [0.15, 0.2) is 84.4 Å². The molecule has 3 aromatic carbocycles. The summed E-state index contributed by atoms with van der Waals surface area (Å²) in [6.07, 6.45) is 1.61. The third-order valence-corrected chi connectivity index (χ3v) is 5.76. The van der Waals surface area contributed by atoms with Gasteiger partial charge in [-0.2, -0.15) is 10.5 Å². The van der Waals surface area contributed by atoms with Crippen LogP contribution in [-0.4, -0.2) is 37.0 Å². The molecule has 3 aromatic rings. The van der Waals surface area contributed by atoms with Gasteiger partial charge in [0.1, 0.15) is 24.0 Å². The number of piperazine rings is 1. The van der Waals surface area contributed by atoms with Gasteiger partial charge < -0.3 is 14.5 Å². The minimum atomic E-state index is -0.247. The Morgan fingerprint density at radius 3 is 2.24 bits per heavy atom. The molecule has 0 spiro atoms. The first kappa shape index (κ1) is 22.6. The molecule has 1 saturated heterocycles. The zero-order valence-corrected chi connectivity index (χ0v) is 18.7. The second kappa shape index (κ2) is 10.8. The minimum Gasteiger partial charge on any atom is -0.489 e. The van der Waals surface area contributed by atoms with E-state index in [-0.39, 0.29) is 18.1 Å². The van der Waals surface area contributed by atoms with Crippen LogP contribution >= 0.6 is 0 Å². The molecule has 0 unspecified atom stereocenters. The van der Waals surface area contributed by atoms with E-state index in [0.717, 1.165) is 29.9 Å². The van der Waals surface area contributed by atoms with Gasteiger partial charge in [-0.3, -0.25) is 4.79 Å². The number of hydrogen-bond donors (Lipinski definition) is 0. The molecule has 0 aromatic heterocycles. The monoisotopic (exact) mass is 448 g/mol. The molecule has 4 rings (SSSR count). The van der Waals surface area contributed by atoms with Gasteiger partial charge >= 0.3 is 0 Å². The summed E-state index contributed by atoms with van der Waals surface area (Å²) in [5, 5.41) is 18.8. The van der Waals surface area contributed by atoms with Crippen LogP contribution in [0.2, 0.25) is 0 Å². The Hall–Kier alpha value is -4.55. The summed E-state index contributed by atoms with van der Waals surface area (Å²) in [7, 11) is 0. The van der Waals surface area contributed by atoms with Crippen molar-refractivity contribution >= 4 is 17.7 Å². The molecule has 6 nitrogen and oxygen atoms in total. The lowest BCUT2D eigenvalue weighted by Gasteiger charge is -2.36. The second-order valence-corrected chi connectivity index (χ2v) is 7.91. The molecule has 168 valence electrons. The summed E-state index contributed by atoms with van der Waals surface area (Å²) in [5.41, 5.74) is 3.41. The van der Waals surface area contributed by atoms with Crippen LogP contribution in [0.4, 0.5) is 5.69 Å². The average molecular weight is 449 g/mol. The lowest BCUT2D eigenvalue weighted by Crippen LogP contribution is -2.49. The molecule has 1 amide bonds. The fourth-order valence-corrected chi connectivity index (χ4v) is 3.86. The third-order valence-electron chi connectivity index (χ3n) is 5.76. The van der Waals surface area contributed by atoms with E-state index in [0.29, 0.717) is 24.4 Å². The van der Waals surface area contributed by atoms with Crippen LogP contribution in [-0.2, 0) is 11.4 Å². The number of amides is 1. The third kappa shape index (κ3) is 5.43. The quantitative estimate of drug-likeness (QED) is 0.413. The van der Waals surface area contributed by atoms with Crippen LogP contribution < -0.4 is 9.64 Å². The maximum atomic E-state index is 12.9. The zero-order chi connectivity index (χ0) is 23.8. The van der Waals surface area contributed by atoms with E-state index in [1.165, 1.54) is 0 Å². The number of para-hydroxylation sites is 1. The van der Waals surface area contributed by atoms with Crippen molar-refractivity contribution in [3.05, 3.63) is 101 Å². The largest absolute Gasteiger partial charge is 0.489 e. The number of nitriles is 2. The highest BCUT2D eigenvalue weighted by Gasteiger charge is 2.23. The summed E-state index contributed by atoms with van der Waals surface area (Å²) in [5.74, 6) is 0.399. The fourth-order valence-electron chi connectivity index (χ4n) is 3.86. The predicted molar refractivity (Wildman–Crippen MR) is 131 cm³/mol. The molecule has 0 saturated carbocycles. The van der Waals surface area contributed by atoms with E-state index in [1.807, 2.05) is 48.5 Å². The van der Waals surface area contributed by atoms with Crippen molar-refractivity contribution in [2.24, 2.45) is 0 Å².